The minimum atomic E-state index is -2.40. The van der Waals surface area contributed by atoms with E-state index in [-0.39, 0.29) is 0 Å². The Balaban J connectivity index is 1.94. The van der Waals surface area contributed by atoms with E-state index in [0.29, 0.717) is 0 Å². The summed E-state index contributed by atoms with van der Waals surface area (Å²) in [5.41, 5.74) is 0. The van der Waals surface area contributed by atoms with Crippen molar-refractivity contribution in [1.82, 2.24) is 0 Å². The number of halogens is 2. The molecule has 0 amide bonds. The quantitative estimate of drug-likeness (QED) is 0.214. The molecule has 0 aliphatic carbocycles. The third-order valence-corrected chi connectivity index (χ3v) is 39.5. The molecule has 2 bridgehead atoms. The van der Waals surface area contributed by atoms with Gasteiger partial charge in [-0.1, -0.05) is 0 Å². The number of fused-ring (bicyclic) bond motifs is 33. The molecule has 0 aromatic carbocycles. The molecule has 0 spiro atoms. The summed E-state index contributed by atoms with van der Waals surface area (Å²) in [6.45, 7) is 0. The van der Waals surface area contributed by atoms with Crippen LogP contribution in [0.25, 0.3) is 0 Å². The molecule has 3 saturated heterocycles. The molecule has 3 aliphatic rings. The second kappa shape index (κ2) is 26.4. The Morgan fingerprint density at radius 2 is 0.275 bits per heavy atom. The van der Waals surface area contributed by atoms with Crippen molar-refractivity contribution >= 4 is 52.3 Å². The molecule has 0 atom stereocenters. The topological polar surface area (TPSA) is 0 Å². The monoisotopic (exact) mass is 814 g/mol. The van der Waals surface area contributed by atoms with E-state index in [1.807, 2.05) is 0 Å². The summed E-state index contributed by atoms with van der Waals surface area (Å²) >= 11 is -4.80. The van der Waals surface area contributed by atoms with Gasteiger partial charge in [0.2, 0.25) is 0 Å². The van der Waals surface area contributed by atoms with Crippen molar-refractivity contribution in [2.75, 3.05) is 0 Å². The van der Waals surface area contributed by atoms with Crippen LogP contribution in [-0.4, -0.2) is 34.5 Å². The molecule has 238 valence electrons. The van der Waals surface area contributed by atoms with Crippen molar-refractivity contribution in [3.05, 3.63) is 0 Å². The van der Waals surface area contributed by atoms with Crippen LogP contribution in [0.15, 0.2) is 0 Å². The predicted molar refractivity (Wildman–Crippen MR) is 191 cm³/mol. The summed E-state index contributed by atoms with van der Waals surface area (Å²) in [5, 5.41) is 0. The molecule has 0 saturated carbocycles. The molecular formula is C36H72Cl2Sn2. The molecule has 0 radical (unpaired) electrons. The van der Waals surface area contributed by atoms with E-state index in [9.17, 15) is 0 Å². The average molecular weight is 813 g/mol. The first-order chi connectivity index (χ1) is 19.6. The van der Waals surface area contributed by atoms with Crippen molar-refractivity contribution in [2.45, 2.75) is 219 Å². The first-order valence-electron chi connectivity index (χ1n) is 19.0. The van der Waals surface area contributed by atoms with Crippen molar-refractivity contribution in [3.8, 4) is 0 Å². The molecule has 3 fully saturated rings. The van der Waals surface area contributed by atoms with Crippen molar-refractivity contribution in [1.29, 1.82) is 0 Å². The van der Waals surface area contributed by atoms with E-state index in [0.717, 1.165) is 0 Å². The Morgan fingerprint density at radius 3 is 0.400 bits per heavy atom. The molecule has 0 aromatic heterocycles. The molecule has 0 nitrogen and oxygen atoms in total. The van der Waals surface area contributed by atoms with Gasteiger partial charge in [0.1, 0.15) is 0 Å². The van der Waals surface area contributed by atoms with Crippen molar-refractivity contribution in [3.63, 3.8) is 0 Å². The number of hydrogen-bond acceptors (Lipinski definition) is 0. The number of rotatable bonds is 0. The zero-order valence-electron chi connectivity index (χ0n) is 27.2. The van der Waals surface area contributed by atoms with Gasteiger partial charge in [-0.25, -0.2) is 0 Å². The van der Waals surface area contributed by atoms with Crippen LogP contribution < -0.4 is 0 Å². The summed E-state index contributed by atoms with van der Waals surface area (Å²) in [5.74, 6) is 0. The standard InChI is InChI=1S/3C12H24.2ClH.2Sn/c3*1-3-5-7-9-11-12-10-8-6-4-2;;;;/h3*1-12H2;2*1H;;/q;;;;;2*+1/p-2. The fraction of sp³-hybridized carbons (Fsp3) is 1.00. The zero-order chi connectivity index (χ0) is 28.5. The van der Waals surface area contributed by atoms with Crippen LogP contribution in [0.4, 0.5) is 0 Å². The van der Waals surface area contributed by atoms with Gasteiger partial charge in [0, 0.05) is 0 Å². The summed E-state index contributed by atoms with van der Waals surface area (Å²) in [6, 6.07) is 0. The van der Waals surface area contributed by atoms with Crippen molar-refractivity contribution in [2.24, 2.45) is 0 Å². The number of hydrogen-bond donors (Lipinski definition) is 0. The van der Waals surface area contributed by atoms with Gasteiger partial charge < -0.3 is 0 Å². The summed E-state index contributed by atoms with van der Waals surface area (Å²) < 4.78 is 8.85. The summed E-state index contributed by atoms with van der Waals surface area (Å²) in [7, 11) is 15.2. The van der Waals surface area contributed by atoms with E-state index in [4.69, 9.17) is 17.8 Å². The third-order valence-electron chi connectivity index (χ3n) is 10.5. The summed E-state index contributed by atoms with van der Waals surface area (Å²) in [4.78, 5) is 0. The van der Waals surface area contributed by atoms with Gasteiger partial charge in [-0.2, -0.15) is 0 Å². The average Bonchev–Trinajstić information content (AvgIpc) is 2.94. The minimum absolute atomic E-state index is 1.45. The molecule has 3 heterocycles. The first-order valence-corrected chi connectivity index (χ1v) is 38.3. The Morgan fingerprint density at radius 1 is 0.175 bits per heavy atom. The molecule has 0 aromatic rings. The Kier molecular flexibility index (Phi) is 25.3. The van der Waals surface area contributed by atoms with Crippen LogP contribution in [-0.2, 0) is 0 Å². The maximum absolute atomic E-state index is 7.61. The molecule has 3 aliphatic heterocycles. The fourth-order valence-corrected chi connectivity index (χ4v) is 32.4. The Labute approximate surface area is 269 Å². The van der Waals surface area contributed by atoms with Crippen LogP contribution in [0.5, 0.6) is 0 Å². The molecular weight excluding hydrogens is 741 g/mol. The predicted octanol–water partition coefficient (Wildman–Crippen LogP) is 15.1. The van der Waals surface area contributed by atoms with Gasteiger partial charge >= 0.3 is 272 Å². The van der Waals surface area contributed by atoms with Gasteiger partial charge in [0.25, 0.3) is 0 Å². The van der Waals surface area contributed by atoms with E-state index in [1.165, 1.54) is 219 Å². The van der Waals surface area contributed by atoms with E-state index in [1.54, 1.807) is 0 Å². The van der Waals surface area contributed by atoms with E-state index < -0.39 is 34.5 Å². The third kappa shape index (κ3) is 21.8. The van der Waals surface area contributed by atoms with Crippen LogP contribution in [0.1, 0.15) is 193 Å². The molecule has 3 rings (SSSR count). The van der Waals surface area contributed by atoms with Gasteiger partial charge in [0.15, 0.2) is 0 Å². The maximum atomic E-state index is 7.61. The van der Waals surface area contributed by atoms with Gasteiger partial charge in [-0.3, -0.25) is 0 Å². The van der Waals surface area contributed by atoms with Gasteiger partial charge in [0.05, 0.1) is 0 Å². The Hall–Kier alpha value is 2.18. The second-order valence-electron chi connectivity index (χ2n) is 14.4. The molecule has 0 N–H and O–H groups in total. The van der Waals surface area contributed by atoms with Crippen LogP contribution in [0.2, 0.25) is 26.6 Å². The second-order valence-corrected chi connectivity index (χ2v) is 46.9. The Bertz CT molecular complexity index is 435. The van der Waals surface area contributed by atoms with E-state index in [2.05, 4.69) is 0 Å². The molecule has 4 heteroatoms. The van der Waals surface area contributed by atoms with E-state index >= 15 is 0 Å². The SMILES string of the molecule is [Cl][Sn]12[CH2]CCCCCCCCCC[CH2][Sn]([Cl])([CH2]CCCCCCCCCC[CH2]1)[CH2]CCCCCCCCCC[CH2]2. The molecule has 40 heavy (non-hydrogen) atoms. The normalized spacial score (nSPS) is 31.4. The fourth-order valence-electron chi connectivity index (χ4n) is 7.64. The van der Waals surface area contributed by atoms with Gasteiger partial charge in [-0.15, -0.1) is 0 Å². The van der Waals surface area contributed by atoms with Crippen molar-refractivity contribution < 1.29 is 0 Å². The van der Waals surface area contributed by atoms with Crippen LogP contribution >= 0.6 is 17.8 Å². The van der Waals surface area contributed by atoms with Gasteiger partial charge in [-0.05, 0) is 0 Å². The molecule has 0 unspecified atom stereocenters. The van der Waals surface area contributed by atoms with Crippen LogP contribution in [0.3, 0.4) is 0 Å². The summed E-state index contributed by atoms with van der Waals surface area (Å²) in [6.07, 6.45) is 43.8. The van der Waals surface area contributed by atoms with Crippen LogP contribution in [0, 0.1) is 0 Å². The zero-order valence-corrected chi connectivity index (χ0v) is 34.4. The first kappa shape index (κ1) is 38.4.